The van der Waals surface area contributed by atoms with E-state index in [9.17, 15) is 9.59 Å². The minimum absolute atomic E-state index is 0.0187. The number of piperidine rings is 2. The molecule has 52 heavy (non-hydrogen) atoms. The van der Waals surface area contributed by atoms with E-state index >= 15 is 0 Å². The molecule has 0 bridgehead atoms. The quantitative estimate of drug-likeness (QED) is 0.169. The molecule has 0 unspecified atom stereocenters. The largest absolute Gasteiger partial charge is 0.481 e. The highest BCUT2D eigenvalue weighted by molar-refractivity contribution is 6.39. The average Bonchev–Trinajstić information content (AvgIpc) is 3.13. The summed E-state index contributed by atoms with van der Waals surface area (Å²) in [6.45, 7) is 8.09. The fourth-order valence-corrected chi connectivity index (χ4v) is 7.89. The van der Waals surface area contributed by atoms with E-state index in [1.165, 1.54) is 0 Å². The molecule has 6 rings (SSSR count). The van der Waals surface area contributed by atoms with E-state index in [0.29, 0.717) is 46.3 Å². The number of nitrogens with zero attached hydrogens (tertiary/aromatic N) is 4. The first-order valence-electron chi connectivity index (χ1n) is 17.8. The maximum atomic E-state index is 11.5. The van der Waals surface area contributed by atoms with Crippen LogP contribution < -0.4 is 20.1 Å². The van der Waals surface area contributed by atoms with Gasteiger partial charge in [0.2, 0.25) is 23.6 Å². The molecule has 10 nitrogen and oxygen atoms in total. The standard InChI is InChI=1S/C40H46Cl2N6O4/c1-25(49)43-29-15-19-47(20-16-29)23-27-11-13-35(45-39(27)51-3)33-9-5-7-31(37(33)41)32-8-6-10-34(38(32)42)36-14-12-28(40(46-36)52-4)24-48-21-17-30(18-22-48)44-26(2)50/h5-14,29-30H,15-24H2,1-4H3,(H,43,49)(H,44,50). The number of methoxy groups -OCH3 is 2. The second kappa shape index (κ2) is 17.1. The van der Waals surface area contributed by atoms with E-state index in [1.807, 2.05) is 60.7 Å². The Morgan fingerprint density at radius 1 is 0.635 bits per heavy atom. The van der Waals surface area contributed by atoms with Crippen molar-refractivity contribution in [3.8, 4) is 45.4 Å². The van der Waals surface area contributed by atoms with Crippen LogP contribution in [0.3, 0.4) is 0 Å². The normalized spacial score (nSPS) is 16.0. The monoisotopic (exact) mass is 744 g/mol. The van der Waals surface area contributed by atoms with E-state index in [4.69, 9.17) is 42.6 Å². The topological polar surface area (TPSA) is 109 Å². The highest BCUT2D eigenvalue weighted by Gasteiger charge is 2.24. The van der Waals surface area contributed by atoms with Crippen molar-refractivity contribution in [3.05, 3.63) is 81.8 Å². The lowest BCUT2D eigenvalue weighted by Crippen LogP contribution is -2.43. The number of pyridine rings is 2. The number of carbonyl (C=O) groups is 2. The van der Waals surface area contributed by atoms with Crippen LogP contribution in [0.5, 0.6) is 11.8 Å². The van der Waals surface area contributed by atoms with Crippen molar-refractivity contribution in [3.63, 3.8) is 0 Å². The Kier molecular flexibility index (Phi) is 12.3. The fraction of sp³-hybridized carbons (Fsp3) is 0.400. The third-order valence-corrected chi connectivity index (χ3v) is 10.7. The van der Waals surface area contributed by atoms with Crippen molar-refractivity contribution in [1.29, 1.82) is 0 Å². The van der Waals surface area contributed by atoms with Crippen molar-refractivity contribution in [2.24, 2.45) is 0 Å². The van der Waals surface area contributed by atoms with E-state index < -0.39 is 0 Å². The van der Waals surface area contributed by atoms with E-state index in [2.05, 4.69) is 20.4 Å². The summed E-state index contributed by atoms with van der Waals surface area (Å²) in [5.74, 6) is 1.15. The molecule has 4 aromatic rings. The van der Waals surface area contributed by atoms with Crippen molar-refractivity contribution >= 4 is 35.0 Å². The number of halogens is 2. The number of amides is 2. The Bertz CT molecular complexity index is 1770. The van der Waals surface area contributed by atoms with Crippen LogP contribution in [0.2, 0.25) is 10.0 Å². The molecular formula is C40H46Cl2N6O4. The molecule has 2 aliphatic rings. The van der Waals surface area contributed by atoms with Gasteiger partial charge in [-0.15, -0.1) is 0 Å². The highest BCUT2D eigenvalue weighted by atomic mass is 35.5. The lowest BCUT2D eigenvalue weighted by Gasteiger charge is -2.32. The van der Waals surface area contributed by atoms with Gasteiger partial charge in [-0.2, -0.15) is 0 Å². The smallest absolute Gasteiger partial charge is 0.218 e. The van der Waals surface area contributed by atoms with Gasteiger partial charge in [-0.3, -0.25) is 19.4 Å². The minimum Gasteiger partial charge on any atom is -0.481 e. The Labute approximate surface area is 315 Å². The minimum atomic E-state index is 0.0187. The molecule has 2 saturated heterocycles. The van der Waals surface area contributed by atoms with Crippen LogP contribution in [0.15, 0.2) is 60.7 Å². The number of ether oxygens (including phenoxy) is 2. The summed E-state index contributed by atoms with van der Waals surface area (Å²) < 4.78 is 11.5. The van der Waals surface area contributed by atoms with Gasteiger partial charge in [0.25, 0.3) is 0 Å². The van der Waals surface area contributed by atoms with Crippen LogP contribution in [0.4, 0.5) is 0 Å². The van der Waals surface area contributed by atoms with Crippen molar-refractivity contribution in [2.45, 2.75) is 64.7 Å². The van der Waals surface area contributed by atoms with Crippen LogP contribution in [-0.2, 0) is 22.7 Å². The maximum Gasteiger partial charge on any atom is 0.218 e. The van der Waals surface area contributed by atoms with Crippen molar-refractivity contribution < 1.29 is 19.1 Å². The van der Waals surface area contributed by atoms with Crippen LogP contribution in [0.1, 0.15) is 50.7 Å². The average molecular weight is 746 g/mol. The van der Waals surface area contributed by atoms with Gasteiger partial charge in [-0.25, -0.2) is 9.97 Å². The Balaban J connectivity index is 1.20. The molecule has 2 aromatic carbocycles. The molecule has 2 fully saturated rings. The van der Waals surface area contributed by atoms with Gasteiger partial charge in [-0.05, 0) is 37.8 Å². The summed E-state index contributed by atoms with van der Waals surface area (Å²) in [6, 6.07) is 20.2. The summed E-state index contributed by atoms with van der Waals surface area (Å²) in [5.41, 5.74) is 6.49. The van der Waals surface area contributed by atoms with Gasteiger partial charge in [0, 0.05) is 98.6 Å². The molecule has 2 aromatic heterocycles. The van der Waals surface area contributed by atoms with Gasteiger partial charge in [0.15, 0.2) is 0 Å². The molecule has 0 saturated carbocycles. The number of rotatable bonds is 11. The molecule has 4 heterocycles. The molecule has 2 N–H and O–H groups in total. The van der Waals surface area contributed by atoms with Crippen LogP contribution in [0, 0.1) is 0 Å². The number of nitrogens with one attached hydrogen (secondary N) is 2. The Morgan fingerprint density at radius 3 is 1.35 bits per heavy atom. The number of aromatic nitrogens is 2. The predicted octanol–water partition coefficient (Wildman–Crippen LogP) is 7.00. The van der Waals surface area contributed by atoms with E-state index in [0.717, 1.165) is 85.2 Å². The molecule has 0 spiro atoms. The van der Waals surface area contributed by atoms with Crippen LogP contribution in [-0.4, -0.2) is 84.1 Å². The molecule has 2 amide bonds. The SMILES string of the molecule is COc1nc(-c2cccc(-c3cccc(-c4ccc(CN5CCC(NC(C)=O)CC5)c(OC)n4)c3Cl)c2Cl)ccc1CN1CCC(NC(C)=O)CC1. The third-order valence-electron chi connectivity index (χ3n) is 9.88. The third kappa shape index (κ3) is 8.86. The molecule has 0 atom stereocenters. The lowest BCUT2D eigenvalue weighted by molar-refractivity contribution is -0.120. The second-order valence-corrected chi connectivity index (χ2v) is 14.3. The summed E-state index contributed by atoms with van der Waals surface area (Å²) >= 11 is 14.3. The Hall–Kier alpha value is -4.22. The van der Waals surface area contributed by atoms with Gasteiger partial charge >= 0.3 is 0 Å². The summed E-state index contributed by atoms with van der Waals surface area (Å²) in [4.78, 5) is 37.4. The molecule has 0 radical (unpaired) electrons. The van der Waals surface area contributed by atoms with Crippen molar-refractivity contribution in [1.82, 2.24) is 30.4 Å². The second-order valence-electron chi connectivity index (χ2n) is 13.6. The van der Waals surface area contributed by atoms with E-state index in [1.54, 1.807) is 28.1 Å². The number of likely N-dealkylation sites (tertiary alicyclic amines) is 2. The first kappa shape index (κ1) is 37.5. The number of hydrogen-bond donors (Lipinski definition) is 2. The van der Waals surface area contributed by atoms with Gasteiger partial charge < -0.3 is 20.1 Å². The zero-order valence-electron chi connectivity index (χ0n) is 30.2. The Morgan fingerprint density at radius 2 is 1.00 bits per heavy atom. The van der Waals surface area contributed by atoms with Crippen molar-refractivity contribution in [2.75, 3.05) is 40.4 Å². The van der Waals surface area contributed by atoms with E-state index in [-0.39, 0.29) is 23.9 Å². The zero-order chi connectivity index (χ0) is 36.8. The molecule has 12 heteroatoms. The predicted molar refractivity (Wildman–Crippen MR) is 206 cm³/mol. The summed E-state index contributed by atoms with van der Waals surface area (Å²) in [7, 11) is 3.27. The van der Waals surface area contributed by atoms with Crippen LogP contribution >= 0.6 is 23.2 Å². The lowest BCUT2D eigenvalue weighted by atomic mass is 9.98. The van der Waals surface area contributed by atoms with Gasteiger partial charge in [0.05, 0.1) is 35.7 Å². The van der Waals surface area contributed by atoms with Crippen LogP contribution in [0.25, 0.3) is 33.6 Å². The highest BCUT2D eigenvalue weighted by Crippen LogP contribution is 2.42. The van der Waals surface area contributed by atoms with Gasteiger partial charge in [0.1, 0.15) is 0 Å². The first-order valence-corrected chi connectivity index (χ1v) is 18.5. The molecule has 274 valence electrons. The number of benzene rings is 2. The molecular weight excluding hydrogens is 699 g/mol. The molecule has 2 aliphatic heterocycles. The first-order chi connectivity index (χ1) is 25.1. The zero-order valence-corrected chi connectivity index (χ0v) is 31.7. The summed E-state index contributed by atoms with van der Waals surface area (Å²) in [6.07, 6.45) is 3.65. The number of hydrogen-bond acceptors (Lipinski definition) is 8. The fourth-order valence-electron chi connectivity index (χ4n) is 7.24. The van der Waals surface area contributed by atoms with Gasteiger partial charge in [-0.1, -0.05) is 71.7 Å². The maximum absolute atomic E-state index is 11.5. The summed E-state index contributed by atoms with van der Waals surface area (Å²) in [5, 5.41) is 7.13. The molecule has 0 aliphatic carbocycles. The number of carbonyl (C=O) groups excluding carboxylic acids is 2.